The fourth-order valence-electron chi connectivity index (χ4n) is 2.60. The van der Waals surface area contributed by atoms with Crippen molar-refractivity contribution in [3.8, 4) is 0 Å². The van der Waals surface area contributed by atoms with Crippen LogP contribution < -0.4 is 0 Å². The summed E-state index contributed by atoms with van der Waals surface area (Å²) in [6.07, 6.45) is 6.94. The molecule has 0 radical (unpaired) electrons. The first-order chi connectivity index (χ1) is 7.59. The van der Waals surface area contributed by atoms with Gasteiger partial charge >= 0.3 is 0 Å². The highest BCUT2D eigenvalue weighted by Gasteiger charge is 2.50. The molecule has 0 aliphatic heterocycles. The SMILES string of the molecule is C=C(C)C1CC=C(C(O)C2(OC)CC2)CC1. The van der Waals surface area contributed by atoms with Crippen LogP contribution in [0.5, 0.6) is 0 Å². The molecule has 1 fully saturated rings. The number of hydrogen-bond donors (Lipinski definition) is 1. The van der Waals surface area contributed by atoms with Crippen molar-refractivity contribution >= 4 is 0 Å². The molecule has 16 heavy (non-hydrogen) atoms. The minimum absolute atomic E-state index is 0.248. The van der Waals surface area contributed by atoms with Crippen LogP contribution in [0, 0.1) is 5.92 Å². The van der Waals surface area contributed by atoms with Gasteiger partial charge in [0.05, 0.1) is 5.60 Å². The van der Waals surface area contributed by atoms with Gasteiger partial charge in [-0.15, -0.1) is 0 Å². The van der Waals surface area contributed by atoms with Crippen LogP contribution in [0.3, 0.4) is 0 Å². The van der Waals surface area contributed by atoms with Crippen LogP contribution in [0.2, 0.25) is 0 Å². The second-order valence-electron chi connectivity index (χ2n) is 5.27. The van der Waals surface area contributed by atoms with Crippen LogP contribution in [0.4, 0.5) is 0 Å². The Kier molecular flexibility index (Phi) is 3.22. The Morgan fingerprint density at radius 1 is 1.62 bits per heavy atom. The Labute approximate surface area is 98.0 Å². The second-order valence-corrected chi connectivity index (χ2v) is 5.27. The molecule has 1 saturated carbocycles. The fourth-order valence-corrected chi connectivity index (χ4v) is 2.60. The zero-order chi connectivity index (χ0) is 11.8. The third-order valence-electron chi connectivity index (χ3n) is 4.14. The first-order valence-corrected chi connectivity index (χ1v) is 6.16. The summed E-state index contributed by atoms with van der Waals surface area (Å²) in [5.74, 6) is 0.605. The van der Waals surface area contributed by atoms with E-state index in [0.29, 0.717) is 5.92 Å². The summed E-state index contributed by atoms with van der Waals surface area (Å²) >= 11 is 0. The van der Waals surface area contributed by atoms with Gasteiger partial charge in [0.1, 0.15) is 6.10 Å². The van der Waals surface area contributed by atoms with Crippen molar-refractivity contribution in [1.29, 1.82) is 0 Å². The van der Waals surface area contributed by atoms with Crippen molar-refractivity contribution in [2.75, 3.05) is 7.11 Å². The van der Waals surface area contributed by atoms with E-state index < -0.39 is 0 Å². The number of ether oxygens (including phenoxy) is 1. The number of allylic oxidation sites excluding steroid dienone is 2. The number of hydrogen-bond acceptors (Lipinski definition) is 2. The highest BCUT2D eigenvalue weighted by Crippen LogP contribution is 2.46. The molecule has 1 N–H and O–H groups in total. The Hall–Kier alpha value is -0.600. The standard InChI is InChI=1S/C14H22O2/c1-10(2)11-4-6-12(7-5-11)13(15)14(16-3)8-9-14/h6,11,13,15H,1,4-5,7-9H2,2-3H3. The lowest BCUT2D eigenvalue weighted by Crippen LogP contribution is -2.33. The van der Waals surface area contributed by atoms with E-state index in [2.05, 4.69) is 19.6 Å². The van der Waals surface area contributed by atoms with E-state index in [4.69, 9.17) is 4.74 Å². The zero-order valence-electron chi connectivity index (χ0n) is 10.3. The van der Waals surface area contributed by atoms with Gasteiger partial charge in [0.25, 0.3) is 0 Å². The Morgan fingerprint density at radius 2 is 2.31 bits per heavy atom. The molecule has 2 rings (SSSR count). The molecule has 0 amide bonds. The maximum atomic E-state index is 10.3. The number of aliphatic hydroxyl groups excluding tert-OH is 1. The first-order valence-electron chi connectivity index (χ1n) is 6.16. The Balaban J connectivity index is 1.99. The van der Waals surface area contributed by atoms with Crippen LogP contribution in [-0.4, -0.2) is 23.9 Å². The maximum absolute atomic E-state index is 10.3. The van der Waals surface area contributed by atoms with E-state index in [1.807, 2.05) is 0 Å². The third kappa shape index (κ3) is 2.09. The van der Waals surface area contributed by atoms with E-state index in [-0.39, 0.29) is 11.7 Å². The lowest BCUT2D eigenvalue weighted by molar-refractivity contribution is -0.0160. The third-order valence-corrected chi connectivity index (χ3v) is 4.14. The molecular formula is C14H22O2. The van der Waals surface area contributed by atoms with Crippen LogP contribution >= 0.6 is 0 Å². The topological polar surface area (TPSA) is 29.5 Å². The van der Waals surface area contributed by atoms with Gasteiger partial charge in [-0.3, -0.25) is 0 Å². The highest BCUT2D eigenvalue weighted by molar-refractivity contribution is 5.22. The van der Waals surface area contributed by atoms with E-state index in [1.165, 1.54) is 11.1 Å². The van der Waals surface area contributed by atoms with Gasteiger partial charge in [0.2, 0.25) is 0 Å². The predicted molar refractivity (Wildman–Crippen MR) is 65.2 cm³/mol. The molecule has 2 aliphatic carbocycles. The van der Waals surface area contributed by atoms with Gasteiger partial charge in [-0.2, -0.15) is 0 Å². The van der Waals surface area contributed by atoms with E-state index in [0.717, 1.165) is 32.1 Å². The minimum atomic E-state index is -0.386. The quantitative estimate of drug-likeness (QED) is 0.741. The molecule has 90 valence electrons. The van der Waals surface area contributed by atoms with Crippen molar-refractivity contribution in [1.82, 2.24) is 0 Å². The van der Waals surface area contributed by atoms with Crippen molar-refractivity contribution in [3.63, 3.8) is 0 Å². The average Bonchev–Trinajstić information content (AvgIpc) is 3.09. The first kappa shape index (κ1) is 11.9. The Bertz CT molecular complexity index is 313. The lowest BCUT2D eigenvalue weighted by atomic mass is 9.82. The highest BCUT2D eigenvalue weighted by atomic mass is 16.5. The van der Waals surface area contributed by atoms with Crippen LogP contribution in [0.25, 0.3) is 0 Å². The molecule has 2 atom stereocenters. The summed E-state index contributed by atoms with van der Waals surface area (Å²) in [5, 5.41) is 10.3. The van der Waals surface area contributed by atoms with Crippen LogP contribution in [0.1, 0.15) is 39.0 Å². The predicted octanol–water partition coefficient (Wildman–Crippen LogP) is 2.83. The molecule has 0 saturated heterocycles. The monoisotopic (exact) mass is 222 g/mol. The second kappa shape index (κ2) is 4.34. The van der Waals surface area contributed by atoms with Crippen LogP contribution in [0.15, 0.2) is 23.8 Å². The number of aliphatic hydroxyl groups is 1. The van der Waals surface area contributed by atoms with Crippen molar-refractivity contribution in [2.45, 2.75) is 50.7 Å². The van der Waals surface area contributed by atoms with Crippen molar-refractivity contribution in [2.24, 2.45) is 5.92 Å². The summed E-state index contributed by atoms with van der Waals surface area (Å²) in [6, 6.07) is 0. The Morgan fingerprint density at radius 3 is 2.69 bits per heavy atom. The summed E-state index contributed by atoms with van der Waals surface area (Å²) in [7, 11) is 1.70. The molecule has 0 heterocycles. The molecule has 2 unspecified atom stereocenters. The molecule has 0 aromatic heterocycles. The fraction of sp³-hybridized carbons (Fsp3) is 0.714. The smallest absolute Gasteiger partial charge is 0.104 e. The lowest BCUT2D eigenvalue weighted by Gasteiger charge is -2.28. The summed E-state index contributed by atoms with van der Waals surface area (Å²) in [4.78, 5) is 0. The molecule has 0 spiro atoms. The molecule has 2 nitrogen and oxygen atoms in total. The van der Waals surface area contributed by atoms with E-state index in [9.17, 15) is 5.11 Å². The van der Waals surface area contributed by atoms with Gasteiger partial charge < -0.3 is 9.84 Å². The van der Waals surface area contributed by atoms with Crippen molar-refractivity contribution < 1.29 is 9.84 Å². The van der Waals surface area contributed by atoms with E-state index in [1.54, 1.807) is 7.11 Å². The molecule has 2 aliphatic rings. The summed E-state index contributed by atoms with van der Waals surface area (Å²) in [6.45, 7) is 6.10. The molecular weight excluding hydrogens is 200 g/mol. The maximum Gasteiger partial charge on any atom is 0.104 e. The normalized spacial score (nSPS) is 29.4. The summed E-state index contributed by atoms with van der Waals surface area (Å²) in [5.41, 5.74) is 2.19. The van der Waals surface area contributed by atoms with Gasteiger partial charge in [-0.25, -0.2) is 0 Å². The molecule has 0 aromatic rings. The van der Waals surface area contributed by atoms with Crippen molar-refractivity contribution in [3.05, 3.63) is 23.8 Å². The zero-order valence-corrected chi connectivity index (χ0v) is 10.3. The molecule has 2 heteroatoms. The molecule has 0 bridgehead atoms. The number of methoxy groups -OCH3 is 1. The largest absolute Gasteiger partial charge is 0.386 e. The molecule has 0 aromatic carbocycles. The van der Waals surface area contributed by atoms with Gasteiger partial charge in [0.15, 0.2) is 0 Å². The summed E-state index contributed by atoms with van der Waals surface area (Å²) < 4.78 is 5.43. The van der Waals surface area contributed by atoms with E-state index >= 15 is 0 Å². The van der Waals surface area contributed by atoms with Gasteiger partial charge in [0, 0.05) is 7.11 Å². The van der Waals surface area contributed by atoms with Gasteiger partial charge in [-0.05, 0) is 50.5 Å². The minimum Gasteiger partial charge on any atom is -0.386 e. The average molecular weight is 222 g/mol. The van der Waals surface area contributed by atoms with Gasteiger partial charge in [-0.1, -0.05) is 18.2 Å². The number of rotatable bonds is 4. The van der Waals surface area contributed by atoms with Crippen LogP contribution in [-0.2, 0) is 4.74 Å².